The summed E-state index contributed by atoms with van der Waals surface area (Å²) in [4.78, 5) is 51.1. The lowest BCUT2D eigenvalue weighted by molar-refractivity contribution is -0.120. The van der Waals surface area contributed by atoms with Crippen LogP contribution in [0.25, 0.3) is 0 Å². The maximum Gasteiger partial charge on any atom is 0.337 e. The Morgan fingerprint density at radius 3 is 2.35 bits per heavy atom. The first-order valence-corrected chi connectivity index (χ1v) is 11.8. The second kappa shape index (κ2) is 10.7. The Labute approximate surface area is 218 Å². The van der Waals surface area contributed by atoms with Gasteiger partial charge in [-0.3, -0.25) is 14.4 Å². The summed E-state index contributed by atoms with van der Waals surface area (Å²) in [6.07, 6.45) is 0.166. The number of halogens is 1. The van der Waals surface area contributed by atoms with Crippen LogP contribution in [0.2, 0.25) is 0 Å². The number of carbonyl (C=O) groups excluding carboxylic acids is 4. The summed E-state index contributed by atoms with van der Waals surface area (Å²) in [5.74, 6) is -2.12. The highest BCUT2D eigenvalue weighted by molar-refractivity contribution is 6.53. The van der Waals surface area contributed by atoms with Crippen LogP contribution < -0.4 is 15.5 Å². The van der Waals surface area contributed by atoms with Gasteiger partial charge in [0.25, 0.3) is 11.8 Å². The van der Waals surface area contributed by atoms with Crippen LogP contribution in [0.4, 0.5) is 17.1 Å². The van der Waals surface area contributed by atoms with Crippen LogP contribution in [-0.2, 0) is 25.5 Å². The van der Waals surface area contributed by atoms with Crippen molar-refractivity contribution in [3.05, 3.63) is 99.7 Å². The standard InChI is InChI=1S/C28H24ClN3O5/c1-16-6-4-9-22(17(16)2)31-23(33)14-18-10-12-20(13-11-18)30-25-24(29)26(34)32(27(25)35)21-8-5-7-19(15-21)28(36)37-3/h4-13,15,30H,14H2,1-3H3,(H,31,33). The minimum Gasteiger partial charge on any atom is -0.465 e. The normalized spacial score (nSPS) is 13.1. The molecule has 2 N–H and O–H groups in total. The van der Waals surface area contributed by atoms with Gasteiger partial charge in [0.1, 0.15) is 10.7 Å². The molecule has 0 saturated carbocycles. The molecule has 0 fully saturated rings. The van der Waals surface area contributed by atoms with E-state index in [0.29, 0.717) is 5.69 Å². The highest BCUT2D eigenvalue weighted by Gasteiger charge is 2.39. The van der Waals surface area contributed by atoms with Crippen molar-refractivity contribution in [2.75, 3.05) is 22.6 Å². The number of esters is 1. The topological polar surface area (TPSA) is 105 Å². The molecule has 0 saturated heterocycles. The number of methoxy groups -OCH3 is 1. The van der Waals surface area contributed by atoms with Crippen LogP contribution >= 0.6 is 11.6 Å². The minimum atomic E-state index is -0.712. The third-order valence-corrected chi connectivity index (χ3v) is 6.37. The number of ether oxygens (including phenoxy) is 1. The van der Waals surface area contributed by atoms with Crippen LogP contribution in [0.3, 0.4) is 0 Å². The number of benzene rings is 3. The zero-order valence-corrected chi connectivity index (χ0v) is 21.2. The second-order valence-electron chi connectivity index (χ2n) is 8.47. The molecule has 9 heteroatoms. The fourth-order valence-corrected chi connectivity index (χ4v) is 4.06. The third kappa shape index (κ3) is 5.39. The van der Waals surface area contributed by atoms with Crippen molar-refractivity contribution >= 4 is 52.4 Å². The smallest absolute Gasteiger partial charge is 0.337 e. The molecule has 8 nitrogen and oxygen atoms in total. The van der Waals surface area contributed by atoms with Crippen LogP contribution in [0.5, 0.6) is 0 Å². The van der Waals surface area contributed by atoms with E-state index in [-0.39, 0.29) is 34.3 Å². The Hall–Kier alpha value is -4.43. The molecule has 1 aliphatic rings. The van der Waals surface area contributed by atoms with E-state index in [1.807, 2.05) is 32.0 Å². The highest BCUT2D eigenvalue weighted by atomic mass is 35.5. The van der Waals surface area contributed by atoms with Gasteiger partial charge in [0.15, 0.2) is 0 Å². The van der Waals surface area contributed by atoms with Crippen molar-refractivity contribution in [3.8, 4) is 0 Å². The molecule has 4 rings (SSSR count). The van der Waals surface area contributed by atoms with Crippen LogP contribution in [-0.4, -0.2) is 30.8 Å². The molecule has 3 aromatic carbocycles. The van der Waals surface area contributed by atoms with Gasteiger partial charge in [0, 0.05) is 11.4 Å². The molecule has 0 aromatic heterocycles. The van der Waals surface area contributed by atoms with Crippen molar-refractivity contribution in [3.63, 3.8) is 0 Å². The summed E-state index contributed by atoms with van der Waals surface area (Å²) < 4.78 is 4.70. The van der Waals surface area contributed by atoms with Crippen molar-refractivity contribution < 1.29 is 23.9 Å². The molecule has 1 heterocycles. The number of rotatable bonds is 7. The summed E-state index contributed by atoms with van der Waals surface area (Å²) >= 11 is 6.21. The molecule has 0 atom stereocenters. The predicted octanol–water partition coefficient (Wildman–Crippen LogP) is 4.71. The fraction of sp³-hybridized carbons (Fsp3) is 0.143. The largest absolute Gasteiger partial charge is 0.465 e. The van der Waals surface area contributed by atoms with E-state index < -0.39 is 17.8 Å². The van der Waals surface area contributed by atoms with Gasteiger partial charge in [-0.25, -0.2) is 9.69 Å². The Morgan fingerprint density at radius 2 is 1.65 bits per heavy atom. The molecule has 188 valence electrons. The molecule has 1 aliphatic heterocycles. The Kier molecular flexibility index (Phi) is 7.40. The summed E-state index contributed by atoms with van der Waals surface area (Å²) in [6.45, 7) is 3.94. The molecule has 0 radical (unpaired) electrons. The zero-order valence-electron chi connectivity index (χ0n) is 20.4. The lowest BCUT2D eigenvalue weighted by Crippen LogP contribution is -2.32. The van der Waals surface area contributed by atoms with E-state index in [1.165, 1.54) is 31.4 Å². The molecule has 0 spiro atoms. The number of nitrogens with one attached hydrogen (secondary N) is 2. The number of amides is 3. The fourth-order valence-electron chi connectivity index (χ4n) is 3.85. The maximum atomic E-state index is 13.1. The number of aryl methyl sites for hydroxylation is 1. The van der Waals surface area contributed by atoms with Crippen molar-refractivity contribution in [1.29, 1.82) is 0 Å². The van der Waals surface area contributed by atoms with Crippen molar-refractivity contribution in [2.24, 2.45) is 0 Å². The molecule has 3 aromatic rings. The van der Waals surface area contributed by atoms with E-state index in [9.17, 15) is 19.2 Å². The molecular weight excluding hydrogens is 494 g/mol. The maximum absolute atomic E-state index is 13.1. The molecular formula is C28H24ClN3O5. The van der Waals surface area contributed by atoms with Crippen LogP contribution in [0.1, 0.15) is 27.0 Å². The Balaban J connectivity index is 1.44. The van der Waals surface area contributed by atoms with Crippen molar-refractivity contribution in [1.82, 2.24) is 0 Å². The van der Waals surface area contributed by atoms with Gasteiger partial charge in [0.05, 0.1) is 24.8 Å². The van der Waals surface area contributed by atoms with Crippen molar-refractivity contribution in [2.45, 2.75) is 20.3 Å². The van der Waals surface area contributed by atoms with E-state index in [2.05, 4.69) is 10.6 Å². The molecule has 0 bridgehead atoms. The second-order valence-corrected chi connectivity index (χ2v) is 8.85. The van der Waals surface area contributed by atoms with Gasteiger partial charge in [-0.05, 0) is 66.9 Å². The predicted molar refractivity (Wildman–Crippen MR) is 141 cm³/mol. The first-order chi connectivity index (χ1) is 17.7. The SMILES string of the molecule is COC(=O)c1cccc(N2C(=O)C(Cl)=C(Nc3ccc(CC(=O)Nc4cccc(C)c4C)cc3)C2=O)c1. The number of nitrogens with zero attached hydrogens (tertiary/aromatic N) is 1. The van der Waals surface area contributed by atoms with Crippen LogP contribution in [0, 0.1) is 13.8 Å². The number of hydrogen-bond donors (Lipinski definition) is 2. The lowest BCUT2D eigenvalue weighted by Gasteiger charge is -2.16. The zero-order chi connectivity index (χ0) is 26.7. The quantitative estimate of drug-likeness (QED) is 0.347. The first-order valence-electron chi connectivity index (χ1n) is 11.4. The van der Waals surface area contributed by atoms with Gasteiger partial charge in [-0.1, -0.05) is 41.9 Å². The van der Waals surface area contributed by atoms with E-state index in [4.69, 9.17) is 16.3 Å². The van der Waals surface area contributed by atoms with E-state index >= 15 is 0 Å². The van der Waals surface area contributed by atoms with Gasteiger partial charge in [-0.2, -0.15) is 0 Å². The Bertz CT molecular complexity index is 1450. The molecule has 3 amide bonds. The van der Waals surface area contributed by atoms with E-state index in [1.54, 1.807) is 24.3 Å². The average Bonchev–Trinajstić information content (AvgIpc) is 3.10. The number of hydrogen-bond acceptors (Lipinski definition) is 6. The lowest BCUT2D eigenvalue weighted by atomic mass is 10.1. The van der Waals surface area contributed by atoms with Crippen LogP contribution in [0.15, 0.2) is 77.5 Å². The monoisotopic (exact) mass is 517 g/mol. The number of imide groups is 1. The van der Waals surface area contributed by atoms with E-state index in [0.717, 1.165) is 27.3 Å². The van der Waals surface area contributed by atoms with Gasteiger partial charge in [-0.15, -0.1) is 0 Å². The average molecular weight is 518 g/mol. The number of anilines is 3. The number of carbonyl (C=O) groups is 4. The van der Waals surface area contributed by atoms with Gasteiger partial charge >= 0.3 is 5.97 Å². The first kappa shape index (κ1) is 25.7. The van der Waals surface area contributed by atoms with Gasteiger partial charge in [0.2, 0.25) is 5.91 Å². The van der Waals surface area contributed by atoms with Gasteiger partial charge < -0.3 is 15.4 Å². The Morgan fingerprint density at radius 1 is 0.946 bits per heavy atom. The minimum absolute atomic E-state index is 0.0875. The molecule has 37 heavy (non-hydrogen) atoms. The third-order valence-electron chi connectivity index (χ3n) is 6.02. The molecule has 0 unspecified atom stereocenters. The summed E-state index contributed by atoms with van der Waals surface area (Å²) in [5, 5.41) is 5.55. The molecule has 0 aliphatic carbocycles. The summed E-state index contributed by atoms with van der Waals surface area (Å²) in [5.41, 5.74) is 4.46. The summed E-state index contributed by atoms with van der Waals surface area (Å²) in [7, 11) is 1.24. The summed E-state index contributed by atoms with van der Waals surface area (Å²) in [6, 6.07) is 18.6. The highest BCUT2D eigenvalue weighted by Crippen LogP contribution is 2.31.